The number of nitrogens with one attached hydrogen (secondary N) is 1. The summed E-state index contributed by atoms with van der Waals surface area (Å²) in [7, 11) is 0. The van der Waals surface area contributed by atoms with Gasteiger partial charge in [-0.25, -0.2) is 0 Å². The number of rotatable bonds is 7. The molecule has 0 aromatic carbocycles. The Balaban J connectivity index is 1.77. The predicted molar refractivity (Wildman–Crippen MR) is 92.5 cm³/mol. The van der Waals surface area contributed by atoms with Crippen LogP contribution in [0.5, 0.6) is 0 Å². The monoisotopic (exact) mass is 308 g/mol. The second-order valence-corrected chi connectivity index (χ2v) is 8.56. The van der Waals surface area contributed by atoms with Crippen molar-refractivity contribution >= 4 is 11.8 Å². The number of thioether (sulfide) groups is 1. The van der Waals surface area contributed by atoms with Gasteiger partial charge in [0.05, 0.1) is 6.07 Å². The Morgan fingerprint density at radius 3 is 2.86 bits per heavy atom. The third-order valence-corrected chi connectivity index (χ3v) is 6.79. The molecule has 0 spiro atoms. The largest absolute Gasteiger partial charge is 0.299 e. The minimum Gasteiger partial charge on any atom is -0.299 e. The summed E-state index contributed by atoms with van der Waals surface area (Å²) in [4.78, 5) is 0. The first-order chi connectivity index (χ1) is 10.2. The van der Waals surface area contributed by atoms with Crippen LogP contribution >= 0.6 is 11.8 Å². The first-order valence-electron chi connectivity index (χ1n) is 8.98. The molecule has 21 heavy (non-hydrogen) atoms. The van der Waals surface area contributed by atoms with Gasteiger partial charge in [0.15, 0.2) is 0 Å². The van der Waals surface area contributed by atoms with Crippen LogP contribution in [0.15, 0.2) is 0 Å². The topological polar surface area (TPSA) is 35.8 Å². The maximum absolute atomic E-state index is 9.68. The lowest BCUT2D eigenvalue weighted by molar-refractivity contribution is 0.311. The predicted octanol–water partition coefficient (Wildman–Crippen LogP) is 4.75. The van der Waals surface area contributed by atoms with E-state index in [-0.39, 0.29) is 5.54 Å². The van der Waals surface area contributed by atoms with Crippen LogP contribution in [0, 0.1) is 23.2 Å². The lowest BCUT2D eigenvalue weighted by atomic mass is 9.86. The Morgan fingerprint density at radius 1 is 1.29 bits per heavy atom. The van der Waals surface area contributed by atoms with Crippen LogP contribution in [-0.4, -0.2) is 23.1 Å². The van der Waals surface area contributed by atoms with Crippen LogP contribution in [0.4, 0.5) is 0 Å². The van der Waals surface area contributed by atoms with Gasteiger partial charge in [0, 0.05) is 5.25 Å². The summed E-state index contributed by atoms with van der Waals surface area (Å²) in [6.45, 7) is 5.57. The fourth-order valence-electron chi connectivity index (χ4n) is 4.14. The van der Waals surface area contributed by atoms with E-state index in [4.69, 9.17) is 0 Å². The van der Waals surface area contributed by atoms with Gasteiger partial charge in [0.2, 0.25) is 0 Å². The Morgan fingerprint density at radius 2 is 2.14 bits per heavy atom. The van der Waals surface area contributed by atoms with Crippen molar-refractivity contribution in [3.05, 3.63) is 0 Å². The van der Waals surface area contributed by atoms with Gasteiger partial charge < -0.3 is 0 Å². The Labute approximate surface area is 135 Å². The average Bonchev–Trinajstić information content (AvgIpc) is 2.89. The van der Waals surface area contributed by atoms with Crippen LogP contribution < -0.4 is 5.32 Å². The average molecular weight is 309 g/mol. The van der Waals surface area contributed by atoms with Gasteiger partial charge in [-0.2, -0.15) is 17.0 Å². The SMILES string of the molecule is CCCNC1(C#N)CCCC1CCSC1CCCC(C)C1. The second kappa shape index (κ2) is 8.44. The van der Waals surface area contributed by atoms with Crippen molar-refractivity contribution in [3.63, 3.8) is 0 Å². The first kappa shape index (κ1) is 17.2. The lowest BCUT2D eigenvalue weighted by Crippen LogP contribution is -2.47. The summed E-state index contributed by atoms with van der Waals surface area (Å²) in [6, 6.07) is 2.64. The number of hydrogen-bond donors (Lipinski definition) is 1. The highest BCUT2D eigenvalue weighted by atomic mass is 32.2. The Hall–Kier alpha value is -0.200. The summed E-state index contributed by atoms with van der Waals surface area (Å²) in [5, 5.41) is 14.1. The van der Waals surface area contributed by atoms with E-state index in [0.717, 1.165) is 30.6 Å². The molecule has 3 heteroatoms. The molecule has 2 nitrogen and oxygen atoms in total. The first-order valence-corrected chi connectivity index (χ1v) is 10.0. The summed E-state index contributed by atoms with van der Waals surface area (Å²) in [5.74, 6) is 2.74. The molecule has 0 amide bonds. The summed E-state index contributed by atoms with van der Waals surface area (Å²) in [5.41, 5.74) is -0.212. The molecule has 120 valence electrons. The fourth-order valence-corrected chi connectivity index (χ4v) is 5.69. The third kappa shape index (κ3) is 4.63. The summed E-state index contributed by atoms with van der Waals surface area (Å²) >= 11 is 2.19. The molecule has 2 aliphatic rings. The zero-order valence-corrected chi connectivity index (χ0v) is 14.7. The van der Waals surface area contributed by atoms with Crippen LogP contribution in [0.1, 0.15) is 71.6 Å². The molecule has 2 rings (SSSR count). The molecule has 0 bridgehead atoms. The molecule has 0 aromatic heterocycles. The van der Waals surface area contributed by atoms with E-state index in [2.05, 4.69) is 37.0 Å². The number of nitrogens with zero attached hydrogens (tertiary/aromatic N) is 1. The molecule has 2 fully saturated rings. The standard InChI is InChI=1S/C18H32N2S/c1-3-11-20-18(14-19)10-5-7-16(18)9-12-21-17-8-4-6-15(2)13-17/h15-17,20H,3-13H2,1-2H3. The Bertz CT molecular complexity index is 352. The fraction of sp³-hybridized carbons (Fsp3) is 0.944. The molecule has 2 aliphatic carbocycles. The molecule has 0 aromatic rings. The summed E-state index contributed by atoms with van der Waals surface area (Å²) in [6.07, 6.45) is 11.5. The molecular formula is C18H32N2S. The second-order valence-electron chi connectivity index (χ2n) is 7.15. The van der Waals surface area contributed by atoms with Gasteiger partial charge in [0.25, 0.3) is 0 Å². The molecule has 0 saturated heterocycles. The minimum absolute atomic E-state index is 0.212. The highest BCUT2D eigenvalue weighted by Crippen LogP contribution is 2.39. The van der Waals surface area contributed by atoms with Crippen molar-refractivity contribution in [2.24, 2.45) is 11.8 Å². The van der Waals surface area contributed by atoms with Gasteiger partial charge in [0.1, 0.15) is 5.54 Å². The maximum atomic E-state index is 9.68. The van der Waals surface area contributed by atoms with Crippen molar-refractivity contribution in [3.8, 4) is 6.07 Å². The molecular weight excluding hydrogens is 276 g/mol. The molecule has 0 radical (unpaired) electrons. The smallest absolute Gasteiger partial charge is 0.109 e. The number of nitriles is 1. The van der Waals surface area contributed by atoms with Gasteiger partial charge in [-0.3, -0.25) is 5.32 Å². The van der Waals surface area contributed by atoms with Crippen molar-refractivity contribution < 1.29 is 0 Å². The number of hydrogen-bond acceptors (Lipinski definition) is 3. The van der Waals surface area contributed by atoms with Gasteiger partial charge in [-0.1, -0.05) is 33.1 Å². The van der Waals surface area contributed by atoms with E-state index >= 15 is 0 Å². The molecule has 4 unspecified atom stereocenters. The molecule has 2 saturated carbocycles. The van der Waals surface area contributed by atoms with E-state index in [1.54, 1.807) is 0 Å². The molecule has 0 heterocycles. The molecule has 1 N–H and O–H groups in total. The minimum atomic E-state index is -0.212. The van der Waals surface area contributed by atoms with Crippen LogP contribution in [0.3, 0.4) is 0 Å². The lowest BCUT2D eigenvalue weighted by Gasteiger charge is -2.31. The maximum Gasteiger partial charge on any atom is 0.109 e. The van der Waals surface area contributed by atoms with E-state index < -0.39 is 0 Å². The summed E-state index contributed by atoms with van der Waals surface area (Å²) < 4.78 is 0. The quantitative estimate of drug-likeness (QED) is 0.737. The molecule has 4 atom stereocenters. The van der Waals surface area contributed by atoms with Crippen LogP contribution in [0.25, 0.3) is 0 Å². The van der Waals surface area contributed by atoms with E-state index in [1.165, 1.54) is 50.7 Å². The van der Waals surface area contributed by atoms with Crippen molar-refractivity contribution in [2.45, 2.75) is 82.4 Å². The van der Waals surface area contributed by atoms with E-state index in [1.807, 2.05) is 0 Å². The van der Waals surface area contributed by atoms with Gasteiger partial charge >= 0.3 is 0 Å². The molecule has 0 aliphatic heterocycles. The van der Waals surface area contributed by atoms with Crippen LogP contribution in [0.2, 0.25) is 0 Å². The van der Waals surface area contributed by atoms with Crippen molar-refractivity contribution in [1.82, 2.24) is 5.32 Å². The zero-order valence-electron chi connectivity index (χ0n) is 13.9. The third-order valence-electron chi connectivity index (χ3n) is 5.42. The van der Waals surface area contributed by atoms with E-state index in [0.29, 0.717) is 5.92 Å². The normalized spacial score (nSPS) is 36.5. The van der Waals surface area contributed by atoms with Crippen molar-refractivity contribution in [1.29, 1.82) is 5.26 Å². The highest BCUT2D eigenvalue weighted by molar-refractivity contribution is 7.99. The van der Waals surface area contributed by atoms with Gasteiger partial charge in [-0.05, 0) is 62.7 Å². The Kier molecular flexibility index (Phi) is 6.89. The van der Waals surface area contributed by atoms with E-state index in [9.17, 15) is 5.26 Å². The van der Waals surface area contributed by atoms with Crippen molar-refractivity contribution in [2.75, 3.05) is 12.3 Å². The zero-order chi connectivity index (χ0) is 15.1. The highest BCUT2D eigenvalue weighted by Gasteiger charge is 2.42. The van der Waals surface area contributed by atoms with Crippen LogP contribution in [-0.2, 0) is 0 Å². The van der Waals surface area contributed by atoms with Gasteiger partial charge in [-0.15, -0.1) is 0 Å².